The fraction of sp³-hybridized carbons (Fsp3) is 0.571. The van der Waals surface area contributed by atoms with Crippen molar-refractivity contribution in [2.45, 2.75) is 24.2 Å². The van der Waals surface area contributed by atoms with E-state index >= 15 is 0 Å². The number of hydrogen-bond acceptors (Lipinski definition) is 4. The van der Waals surface area contributed by atoms with Gasteiger partial charge in [0, 0.05) is 0 Å². The van der Waals surface area contributed by atoms with Crippen LogP contribution in [0.3, 0.4) is 0 Å². The number of hydrogen-bond donors (Lipinski definition) is 1. The first kappa shape index (κ1) is 12.2. The Hall–Kier alpha value is -0.870. The number of nitrogens with one attached hydrogen (secondary N) is 1. The fourth-order valence-electron chi connectivity index (χ4n) is 2.78. The van der Waals surface area contributed by atoms with Gasteiger partial charge in [-0.1, -0.05) is 6.07 Å². The van der Waals surface area contributed by atoms with Crippen molar-refractivity contribution in [2.75, 3.05) is 26.1 Å². The van der Waals surface area contributed by atoms with Crippen molar-refractivity contribution in [1.82, 2.24) is 5.32 Å². The van der Waals surface area contributed by atoms with E-state index in [9.17, 15) is 0 Å². The molecular weight excluding hydrogens is 246 g/mol. The number of ether oxygens (including phenoxy) is 2. The summed E-state index contributed by atoms with van der Waals surface area (Å²) >= 11 is 1.76. The smallest absolute Gasteiger partial charge is 0.231 e. The summed E-state index contributed by atoms with van der Waals surface area (Å²) in [7, 11) is 0. The maximum atomic E-state index is 5.59. The molecule has 3 nitrogen and oxygen atoms in total. The Bertz CT molecular complexity index is 430. The van der Waals surface area contributed by atoms with Gasteiger partial charge in [0.25, 0.3) is 0 Å². The molecule has 0 aromatic heterocycles. The average molecular weight is 265 g/mol. The fourth-order valence-corrected chi connectivity index (χ4v) is 3.54. The van der Waals surface area contributed by atoms with Crippen LogP contribution in [0.15, 0.2) is 17.0 Å². The van der Waals surface area contributed by atoms with Crippen LogP contribution in [0.2, 0.25) is 0 Å². The summed E-state index contributed by atoms with van der Waals surface area (Å²) in [4.78, 5) is 1.26. The highest BCUT2D eigenvalue weighted by Crippen LogP contribution is 2.43. The van der Waals surface area contributed by atoms with Gasteiger partial charge in [-0.3, -0.25) is 0 Å². The lowest BCUT2D eigenvalue weighted by Gasteiger charge is -2.23. The highest BCUT2D eigenvalue weighted by atomic mass is 32.2. The van der Waals surface area contributed by atoms with E-state index in [1.54, 1.807) is 11.8 Å². The minimum absolute atomic E-state index is 0.358. The van der Waals surface area contributed by atoms with E-state index in [4.69, 9.17) is 9.47 Å². The predicted octanol–water partition coefficient (Wildman–Crippen LogP) is 2.68. The predicted molar refractivity (Wildman–Crippen MR) is 73.6 cm³/mol. The molecule has 2 heterocycles. The summed E-state index contributed by atoms with van der Waals surface area (Å²) in [5.74, 6) is 2.60. The second-order valence-electron chi connectivity index (χ2n) is 4.91. The van der Waals surface area contributed by atoms with Gasteiger partial charge in [-0.15, -0.1) is 11.8 Å². The van der Waals surface area contributed by atoms with Crippen LogP contribution in [-0.2, 0) is 6.42 Å². The number of fused-ring (bicyclic) bond motifs is 1. The molecule has 1 aromatic rings. The standard InChI is InChI=1S/C14H19NO2S/c1-18-14-11(7-10-3-2-6-15-8-10)4-5-12-13(14)17-9-16-12/h4-5,10,15H,2-3,6-9H2,1H3. The van der Waals surface area contributed by atoms with Crippen molar-refractivity contribution in [2.24, 2.45) is 5.92 Å². The Morgan fingerprint density at radius 1 is 1.39 bits per heavy atom. The van der Waals surface area contributed by atoms with Crippen LogP contribution in [0.4, 0.5) is 0 Å². The van der Waals surface area contributed by atoms with E-state index in [0.29, 0.717) is 6.79 Å². The van der Waals surface area contributed by atoms with Crippen LogP contribution in [0, 0.1) is 5.92 Å². The van der Waals surface area contributed by atoms with Crippen molar-refractivity contribution in [1.29, 1.82) is 0 Å². The van der Waals surface area contributed by atoms with Crippen LogP contribution in [0.1, 0.15) is 18.4 Å². The molecular formula is C14H19NO2S. The molecule has 1 N–H and O–H groups in total. The molecule has 0 saturated carbocycles. The van der Waals surface area contributed by atoms with Crippen molar-refractivity contribution in [3.05, 3.63) is 17.7 Å². The molecule has 1 saturated heterocycles. The van der Waals surface area contributed by atoms with Crippen LogP contribution >= 0.6 is 11.8 Å². The number of piperidine rings is 1. The monoisotopic (exact) mass is 265 g/mol. The minimum Gasteiger partial charge on any atom is -0.454 e. The van der Waals surface area contributed by atoms with E-state index in [1.807, 2.05) is 6.07 Å². The van der Waals surface area contributed by atoms with Gasteiger partial charge in [-0.05, 0) is 56.2 Å². The van der Waals surface area contributed by atoms with E-state index < -0.39 is 0 Å². The SMILES string of the molecule is CSc1c(CC2CCCNC2)ccc2c1OCO2. The third-order valence-electron chi connectivity index (χ3n) is 3.69. The van der Waals surface area contributed by atoms with Gasteiger partial charge in [0.1, 0.15) is 0 Å². The third-order valence-corrected chi connectivity index (χ3v) is 4.54. The first-order valence-electron chi connectivity index (χ1n) is 6.54. The molecule has 18 heavy (non-hydrogen) atoms. The van der Waals surface area contributed by atoms with E-state index in [-0.39, 0.29) is 0 Å². The highest BCUT2D eigenvalue weighted by Gasteiger charge is 2.22. The summed E-state index contributed by atoms with van der Waals surface area (Å²) in [6.07, 6.45) is 5.87. The zero-order valence-corrected chi connectivity index (χ0v) is 11.5. The van der Waals surface area contributed by atoms with Crippen molar-refractivity contribution in [3.63, 3.8) is 0 Å². The van der Waals surface area contributed by atoms with E-state index in [2.05, 4.69) is 17.6 Å². The number of thioether (sulfide) groups is 1. The first-order valence-corrected chi connectivity index (χ1v) is 7.77. The molecule has 98 valence electrons. The summed E-state index contributed by atoms with van der Waals surface area (Å²) < 4.78 is 11.0. The van der Waals surface area contributed by atoms with Crippen LogP contribution in [0.5, 0.6) is 11.5 Å². The molecule has 0 amide bonds. The topological polar surface area (TPSA) is 30.5 Å². The Kier molecular flexibility index (Phi) is 3.66. The molecule has 2 aliphatic rings. The number of benzene rings is 1. The zero-order chi connectivity index (χ0) is 12.4. The second kappa shape index (κ2) is 5.41. The second-order valence-corrected chi connectivity index (χ2v) is 5.72. The van der Waals surface area contributed by atoms with Gasteiger partial charge in [0.2, 0.25) is 6.79 Å². The molecule has 4 heteroatoms. The first-order chi connectivity index (χ1) is 8.88. The molecule has 1 atom stereocenters. The Labute approximate surface area is 112 Å². The largest absolute Gasteiger partial charge is 0.454 e. The Balaban J connectivity index is 1.82. The van der Waals surface area contributed by atoms with Gasteiger partial charge in [-0.25, -0.2) is 0 Å². The summed E-state index contributed by atoms with van der Waals surface area (Å²) in [6, 6.07) is 4.25. The molecule has 0 radical (unpaired) electrons. The summed E-state index contributed by atoms with van der Waals surface area (Å²) in [5, 5.41) is 3.48. The van der Waals surface area contributed by atoms with Crippen molar-refractivity contribution < 1.29 is 9.47 Å². The molecule has 0 aliphatic carbocycles. The minimum atomic E-state index is 0.358. The Morgan fingerprint density at radius 2 is 2.33 bits per heavy atom. The number of rotatable bonds is 3. The lowest BCUT2D eigenvalue weighted by Crippen LogP contribution is -2.30. The molecule has 1 aromatic carbocycles. The molecule has 2 aliphatic heterocycles. The van der Waals surface area contributed by atoms with Crippen LogP contribution in [-0.4, -0.2) is 26.1 Å². The van der Waals surface area contributed by atoms with E-state index in [1.165, 1.54) is 29.8 Å². The quantitative estimate of drug-likeness (QED) is 0.851. The molecule has 0 bridgehead atoms. The third kappa shape index (κ3) is 2.31. The van der Waals surface area contributed by atoms with Crippen molar-refractivity contribution in [3.8, 4) is 11.5 Å². The van der Waals surface area contributed by atoms with Gasteiger partial charge >= 0.3 is 0 Å². The van der Waals surface area contributed by atoms with Gasteiger partial charge < -0.3 is 14.8 Å². The van der Waals surface area contributed by atoms with Gasteiger partial charge in [-0.2, -0.15) is 0 Å². The van der Waals surface area contributed by atoms with Gasteiger partial charge in [0.05, 0.1) is 4.90 Å². The zero-order valence-electron chi connectivity index (χ0n) is 10.7. The van der Waals surface area contributed by atoms with Crippen LogP contribution in [0.25, 0.3) is 0 Å². The summed E-state index contributed by atoms with van der Waals surface area (Å²) in [5.41, 5.74) is 1.40. The lowest BCUT2D eigenvalue weighted by molar-refractivity contribution is 0.172. The maximum absolute atomic E-state index is 5.59. The lowest BCUT2D eigenvalue weighted by atomic mass is 9.92. The highest BCUT2D eigenvalue weighted by molar-refractivity contribution is 7.98. The molecule has 3 rings (SSSR count). The Morgan fingerprint density at radius 3 is 3.11 bits per heavy atom. The summed E-state index contributed by atoms with van der Waals surface area (Å²) in [6.45, 7) is 2.67. The molecule has 1 unspecified atom stereocenters. The maximum Gasteiger partial charge on any atom is 0.231 e. The molecule has 1 fully saturated rings. The average Bonchev–Trinajstić information content (AvgIpc) is 2.88. The molecule has 0 spiro atoms. The van der Waals surface area contributed by atoms with E-state index in [0.717, 1.165) is 30.4 Å². The van der Waals surface area contributed by atoms with Crippen molar-refractivity contribution >= 4 is 11.8 Å². The van der Waals surface area contributed by atoms with Crippen LogP contribution < -0.4 is 14.8 Å². The normalized spacial score (nSPS) is 22.2. The van der Waals surface area contributed by atoms with Gasteiger partial charge in [0.15, 0.2) is 11.5 Å².